The SMILES string of the molecule is COc1ccc(CNC(=O)C2CCc3ncsc3C2)cc1. The quantitative estimate of drug-likeness (QED) is 0.944. The topological polar surface area (TPSA) is 51.2 Å². The first kappa shape index (κ1) is 14.1. The third-order valence-corrected chi connectivity index (χ3v) is 4.78. The van der Waals surface area contributed by atoms with Crippen LogP contribution in [0.3, 0.4) is 0 Å². The maximum atomic E-state index is 12.3. The molecule has 0 saturated heterocycles. The van der Waals surface area contributed by atoms with E-state index in [9.17, 15) is 4.79 Å². The van der Waals surface area contributed by atoms with Crippen LogP contribution in [0.4, 0.5) is 0 Å². The van der Waals surface area contributed by atoms with Crippen molar-refractivity contribution in [3.8, 4) is 5.75 Å². The second kappa shape index (κ2) is 6.26. The van der Waals surface area contributed by atoms with E-state index in [0.717, 1.165) is 30.6 Å². The first-order valence-electron chi connectivity index (χ1n) is 7.08. The predicted molar refractivity (Wildman–Crippen MR) is 82.5 cm³/mol. The average molecular weight is 302 g/mol. The van der Waals surface area contributed by atoms with E-state index in [4.69, 9.17) is 4.74 Å². The molecular formula is C16H18N2O2S. The average Bonchev–Trinajstić information content (AvgIpc) is 3.00. The monoisotopic (exact) mass is 302 g/mol. The van der Waals surface area contributed by atoms with E-state index in [2.05, 4.69) is 10.3 Å². The number of ether oxygens (including phenoxy) is 1. The number of rotatable bonds is 4. The zero-order chi connectivity index (χ0) is 14.7. The van der Waals surface area contributed by atoms with Gasteiger partial charge in [0.15, 0.2) is 0 Å². The van der Waals surface area contributed by atoms with Gasteiger partial charge in [0, 0.05) is 17.3 Å². The van der Waals surface area contributed by atoms with Crippen LogP contribution in [0.15, 0.2) is 29.8 Å². The Bertz CT molecular complexity index is 621. The normalized spacial score (nSPS) is 17.1. The molecule has 0 fully saturated rings. The van der Waals surface area contributed by atoms with Crippen LogP contribution in [-0.4, -0.2) is 18.0 Å². The predicted octanol–water partition coefficient (Wildman–Crippen LogP) is 2.57. The maximum Gasteiger partial charge on any atom is 0.223 e. The number of hydrogen-bond acceptors (Lipinski definition) is 4. The zero-order valence-electron chi connectivity index (χ0n) is 12.0. The van der Waals surface area contributed by atoms with Crippen LogP contribution < -0.4 is 10.1 Å². The summed E-state index contributed by atoms with van der Waals surface area (Å²) in [5.41, 5.74) is 4.14. The van der Waals surface area contributed by atoms with E-state index in [1.165, 1.54) is 10.6 Å². The Morgan fingerprint density at radius 2 is 2.24 bits per heavy atom. The van der Waals surface area contributed by atoms with Crippen molar-refractivity contribution in [2.24, 2.45) is 5.92 Å². The maximum absolute atomic E-state index is 12.3. The molecule has 110 valence electrons. The molecule has 1 aliphatic carbocycles. The zero-order valence-corrected chi connectivity index (χ0v) is 12.8. The van der Waals surface area contributed by atoms with Crippen LogP contribution >= 0.6 is 11.3 Å². The highest BCUT2D eigenvalue weighted by Gasteiger charge is 2.25. The fraction of sp³-hybridized carbons (Fsp3) is 0.375. The van der Waals surface area contributed by atoms with E-state index in [1.807, 2.05) is 29.8 Å². The smallest absolute Gasteiger partial charge is 0.223 e. The van der Waals surface area contributed by atoms with Crippen LogP contribution in [0.5, 0.6) is 5.75 Å². The highest BCUT2D eigenvalue weighted by molar-refractivity contribution is 7.09. The molecule has 0 radical (unpaired) electrons. The third-order valence-electron chi connectivity index (χ3n) is 3.88. The number of carbonyl (C=O) groups is 1. The molecule has 0 saturated carbocycles. The van der Waals surface area contributed by atoms with Crippen molar-refractivity contribution in [2.45, 2.75) is 25.8 Å². The fourth-order valence-electron chi connectivity index (χ4n) is 2.60. The van der Waals surface area contributed by atoms with Crippen LogP contribution in [0.1, 0.15) is 22.6 Å². The van der Waals surface area contributed by atoms with E-state index in [-0.39, 0.29) is 11.8 Å². The molecule has 1 aromatic carbocycles. The summed E-state index contributed by atoms with van der Waals surface area (Å²) in [6, 6.07) is 7.76. The number of aryl methyl sites for hydroxylation is 1. The Kier molecular flexibility index (Phi) is 4.20. The van der Waals surface area contributed by atoms with Gasteiger partial charge in [-0.05, 0) is 37.0 Å². The number of nitrogens with zero attached hydrogens (tertiary/aromatic N) is 1. The van der Waals surface area contributed by atoms with Crippen molar-refractivity contribution < 1.29 is 9.53 Å². The number of amides is 1. The van der Waals surface area contributed by atoms with Crippen molar-refractivity contribution >= 4 is 17.2 Å². The minimum absolute atomic E-state index is 0.0798. The number of hydrogen-bond donors (Lipinski definition) is 1. The van der Waals surface area contributed by atoms with Crippen LogP contribution in [0, 0.1) is 5.92 Å². The molecule has 5 heteroatoms. The van der Waals surface area contributed by atoms with Crippen LogP contribution in [-0.2, 0) is 24.2 Å². The summed E-state index contributed by atoms with van der Waals surface area (Å²) in [7, 11) is 1.65. The van der Waals surface area contributed by atoms with Gasteiger partial charge in [-0.3, -0.25) is 4.79 Å². The van der Waals surface area contributed by atoms with Gasteiger partial charge in [0.2, 0.25) is 5.91 Å². The molecule has 0 aliphatic heterocycles. The molecular weight excluding hydrogens is 284 g/mol. The second-order valence-corrected chi connectivity index (χ2v) is 6.17. The number of methoxy groups -OCH3 is 1. The standard InChI is InChI=1S/C16H18N2O2S/c1-20-13-5-2-11(3-6-13)9-17-16(19)12-4-7-14-15(8-12)21-10-18-14/h2-3,5-6,10,12H,4,7-9H2,1H3,(H,17,19). The van der Waals surface area contributed by atoms with Crippen molar-refractivity contribution in [1.82, 2.24) is 10.3 Å². The molecule has 1 aliphatic rings. The number of fused-ring (bicyclic) bond motifs is 1. The molecule has 1 amide bonds. The van der Waals surface area contributed by atoms with Crippen LogP contribution in [0.2, 0.25) is 0 Å². The first-order valence-corrected chi connectivity index (χ1v) is 7.96. The molecule has 1 heterocycles. The molecule has 1 atom stereocenters. The van der Waals surface area contributed by atoms with Crippen molar-refractivity contribution in [1.29, 1.82) is 0 Å². The van der Waals surface area contributed by atoms with E-state index in [0.29, 0.717) is 6.54 Å². The van der Waals surface area contributed by atoms with E-state index >= 15 is 0 Å². The van der Waals surface area contributed by atoms with Gasteiger partial charge in [0.05, 0.1) is 18.3 Å². The lowest BCUT2D eigenvalue weighted by Crippen LogP contribution is -2.33. The van der Waals surface area contributed by atoms with E-state index < -0.39 is 0 Å². The molecule has 3 rings (SSSR count). The summed E-state index contributed by atoms with van der Waals surface area (Å²) in [4.78, 5) is 17.9. The largest absolute Gasteiger partial charge is 0.497 e. The Morgan fingerprint density at radius 3 is 3.00 bits per heavy atom. The van der Waals surface area contributed by atoms with Gasteiger partial charge in [-0.2, -0.15) is 0 Å². The Balaban J connectivity index is 1.54. The lowest BCUT2D eigenvalue weighted by atomic mass is 9.90. The second-order valence-electron chi connectivity index (χ2n) is 5.23. The fourth-order valence-corrected chi connectivity index (χ4v) is 3.50. The van der Waals surface area contributed by atoms with Gasteiger partial charge in [-0.15, -0.1) is 11.3 Å². The number of benzene rings is 1. The summed E-state index contributed by atoms with van der Waals surface area (Å²) in [5.74, 6) is 1.05. The molecule has 1 aromatic heterocycles. The van der Waals surface area contributed by atoms with Crippen molar-refractivity contribution in [3.63, 3.8) is 0 Å². The van der Waals surface area contributed by atoms with Crippen molar-refractivity contribution in [2.75, 3.05) is 7.11 Å². The Morgan fingerprint density at radius 1 is 1.43 bits per heavy atom. The summed E-state index contributed by atoms with van der Waals surface area (Å²) in [6.45, 7) is 0.564. The van der Waals surface area contributed by atoms with Crippen LogP contribution in [0.25, 0.3) is 0 Å². The lowest BCUT2D eigenvalue weighted by Gasteiger charge is -2.20. The minimum Gasteiger partial charge on any atom is -0.497 e. The van der Waals surface area contributed by atoms with Gasteiger partial charge in [0.1, 0.15) is 5.75 Å². The van der Waals surface area contributed by atoms with Gasteiger partial charge < -0.3 is 10.1 Å². The summed E-state index contributed by atoms with van der Waals surface area (Å²) < 4.78 is 5.12. The lowest BCUT2D eigenvalue weighted by molar-refractivity contribution is -0.125. The first-order chi connectivity index (χ1) is 10.3. The third kappa shape index (κ3) is 3.24. The molecule has 1 N–H and O–H groups in total. The molecule has 0 spiro atoms. The molecule has 0 bridgehead atoms. The Hall–Kier alpha value is -1.88. The number of nitrogens with one attached hydrogen (secondary N) is 1. The number of thiazole rings is 1. The van der Waals surface area contributed by atoms with Gasteiger partial charge in [-0.25, -0.2) is 4.98 Å². The van der Waals surface area contributed by atoms with Gasteiger partial charge >= 0.3 is 0 Å². The summed E-state index contributed by atoms with van der Waals surface area (Å²) >= 11 is 1.66. The van der Waals surface area contributed by atoms with E-state index in [1.54, 1.807) is 18.4 Å². The van der Waals surface area contributed by atoms with Crippen molar-refractivity contribution in [3.05, 3.63) is 45.9 Å². The highest BCUT2D eigenvalue weighted by Crippen LogP contribution is 2.27. The molecule has 1 unspecified atom stereocenters. The summed E-state index contributed by atoms with van der Waals surface area (Å²) in [5, 5.41) is 3.03. The highest BCUT2D eigenvalue weighted by atomic mass is 32.1. The number of carbonyl (C=O) groups excluding carboxylic acids is 1. The minimum atomic E-state index is 0.0798. The van der Waals surface area contributed by atoms with Gasteiger partial charge in [0.25, 0.3) is 0 Å². The number of aromatic nitrogens is 1. The molecule has 4 nitrogen and oxygen atoms in total. The molecule has 2 aromatic rings. The Labute approximate surface area is 128 Å². The van der Waals surface area contributed by atoms with Gasteiger partial charge in [-0.1, -0.05) is 12.1 Å². The molecule has 21 heavy (non-hydrogen) atoms. The summed E-state index contributed by atoms with van der Waals surface area (Å²) in [6.07, 6.45) is 2.64.